The van der Waals surface area contributed by atoms with Crippen molar-refractivity contribution in [3.05, 3.63) is 139 Å². The highest BCUT2D eigenvalue weighted by Crippen LogP contribution is 2.44. The molecule has 0 saturated carbocycles. The van der Waals surface area contributed by atoms with E-state index >= 15 is 0 Å². The van der Waals surface area contributed by atoms with Crippen LogP contribution >= 0.6 is 0 Å². The number of fused-ring (bicyclic) bond motifs is 8. The molecule has 2 heterocycles. The molecule has 0 amide bonds. The molecule has 0 radical (unpaired) electrons. The van der Waals surface area contributed by atoms with Crippen LogP contribution in [0.15, 0.2) is 136 Å². The number of para-hydroxylation sites is 1. The normalized spacial score (nSPS) is 12.8. The summed E-state index contributed by atoms with van der Waals surface area (Å²) in [7, 11) is 0. The molecular weight excluding hydrogens is 528 g/mol. The number of hydrogen-bond donors (Lipinski definition) is 0. The average molecular weight is 555 g/mol. The van der Waals surface area contributed by atoms with E-state index < -0.39 is 0 Å². The molecule has 0 atom stereocenters. The maximum Gasteiger partial charge on any atom is 0.227 e. The number of allylic oxidation sites excluding steroid dienone is 1. The number of anilines is 3. The minimum atomic E-state index is 0.610. The summed E-state index contributed by atoms with van der Waals surface area (Å²) in [5, 5.41) is 4.57. The first-order valence-electron chi connectivity index (χ1n) is 14.7. The molecule has 0 fully saturated rings. The van der Waals surface area contributed by atoms with Crippen LogP contribution in [0, 0.1) is 0 Å². The first kappa shape index (κ1) is 24.0. The monoisotopic (exact) mass is 554 g/mol. The molecule has 0 spiro atoms. The van der Waals surface area contributed by atoms with Crippen molar-refractivity contribution >= 4 is 66.9 Å². The van der Waals surface area contributed by atoms with E-state index in [1.165, 1.54) is 21.9 Å². The Morgan fingerprint density at radius 1 is 0.628 bits per heavy atom. The Hall–Kier alpha value is -5.61. The summed E-state index contributed by atoms with van der Waals surface area (Å²) < 4.78 is 12.7. The van der Waals surface area contributed by atoms with Gasteiger partial charge in [-0.1, -0.05) is 72.8 Å². The lowest BCUT2D eigenvalue weighted by Crippen LogP contribution is -2.13. The van der Waals surface area contributed by atoms with Gasteiger partial charge in [-0.25, -0.2) is 4.98 Å². The highest BCUT2D eigenvalue weighted by molar-refractivity contribution is 6.17. The molecule has 1 aliphatic rings. The largest absolute Gasteiger partial charge is 0.456 e. The van der Waals surface area contributed by atoms with Gasteiger partial charge in [-0.15, -0.1) is 0 Å². The van der Waals surface area contributed by atoms with Gasteiger partial charge in [0.15, 0.2) is 5.58 Å². The SMILES string of the molecule is C1=Cc2c(N(c3ccccc3)c3ccc4c(c3)oc3ccc5oc(-c6ccccc6)nc5c34)cc3ccccc3c2CC1. The fraction of sp³-hybridized carbons (Fsp3) is 0.0513. The molecule has 4 heteroatoms. The topological polar surface area (TPSA) is 42.4 Å². The molecule has 8 aromatic rings. The van der Waals surface area contributed by atoms with Crippen LogP contribution in [-0.2, 0) is 6.42 Å². The first-order valence-corrected chi connectivity index (χ1v) is 14.7. The second kappa shape index (κ2) is 9.47. The van der Waals surface area contributed by atoms with Crippen molar-refractivity contribution in [3.63, 3.8) is 0 Å². The highest BCUT2D eigenvalue weighted by Gasteiger charge is 2.23. The van der Waals surface area contributed by atoms with E-state index in [4.69, 9.17) is 13.8 Å². The lowest BCUT2D eigenvalue weighted by molar-refractivity contribution is 0.619. The second-order valence-corrected chi connectivity index (χ2v) is 11.1. The van der Waals surface area contributed by atoms with Crippen LogP contribution < -0.4 is 4.90 Å². The van der Waals surface area contributed by atoms with E-state index in [2.05, 4.69) is 95.9 Å². The Bertz CT molecular complexity index is 2350. The number of benzene rings is 6. The predicted molar refractivity (Wildman–Crippen MR) is 176 cm³/mol. The van der Waals surface area contributed by atoms with Crippen molar-refractivity contribution in [2.45, 2.75) is 12.8 Å². The van der Waals surface area contributed by atoms with Crippen LogP contribution in [0.1, 0.15) is 17.5 Å². The zero-order valence-electron chi connectivity index (χ0n) is 23.3. The van der Waals surface area contributed by atoms with E-state index in [0.717, 1.165) is 68.5 Å². The van der Waals surface area contributed by atoms with Gasteiger partial charge in [-0.05, 0) is 83.8 Å². The lowest BCUT2D eigenvalue weighted by Gasteiger charge is -2.29. The summed E-state index contributed by atoms with van der Waals surface area (Å²) in [6.45, 7) is 0. The van der Waals surface area contributed by atoms with Gasteiger partial charge in [0.1, 0.15) is 16.7 Å². The van der Waals surface area contributed by atoms with Crippen molar-refractivity contribution in [1.82, 2.24) is 4.98 Å². The summed E-state index contributed by atoms with van der Waals surface area (Å²) in [6, 6.07) is 42.1. The van der Waals surface area contributed by atoms with Gasteiger partial charge in [-0.3, -0.25) is 0 Å². The van der Waals surface area contributed by atoms with E-state index in [1.54, 1.807) is 0 Å². The molecule has 43 heavy (non-hydrogen) atoms. The van der Waals surface area contributed by atoms with Crippen molar-refractivity contribution in [2.24, 2.45) is 0 Å². The molecule has 0 aliphatic heterocycles. The van der Waals surface area contributed by atoms with Gasteiger partial charge < -0.3 is 13.7 Å². The molecule has 0 unspecified atom stereocenters. The van der Waals surface area contributed by atoms with Crippen molar-refractivity contribution in [2.75, 3.05) is 4.90 Å². The van der Waals surface area contributed by atoms with E-state index in [-0.39, 0.29) is 0 Å². The zero-order chi connectivity index (χ0) is 28.3. The van der Waals surface area contributed by atoms with Crippen molar-refractivity contribution in [3.8, 4) is 11.5 Å². The number of rotatable bonds is 4. The van der Waals surface area contributed by atoms with Gasteiger partial charge in [0.05, 0.1) is 11.1 Å². The fourth-order valence-corrected chi connectivity index (χ4v) is 6.58. The number of furan rings is 1. The standard InChI is InChI=1S/C39H26N2O2/c1-3-11-25(12-4-1)39-40-38-35(43-39)22-21-34-37(38)32-20-19-28(24-36(32)42-34)41(27-14-5-2-6-15-27)33-23-26-13-7-8-16-29(26)30-17-9-10-18-31(30)33/h1-8,10-16,18-24H,9,17H2. The van der Waals surface area contributed by atoms with Crippen molar-refractivity contribution in [1.29, 1.82) is 0 Å². The number of hydrogen-bond acceptors (Lipinski definition) is 4. The van der Waals surface area contributed by atoms with E-state index in [1.807, 2.05) is 42.5 Å². The molecule has 1 aliphatic carbocycles. The fourth-order valence-electron chi connectivity index (χ4n) is 6.58. The van der Waals surface area contributed by atoms with Crippen LogP contribution in [0.5, 0.6) is 0 Å². The number of oxazole rings is 1. The van der Waals surface area contributed by atoms with Crippen LogP contribution in [0.2, 0.25) is 0 Å². The van der Waals surface area contributed by atoms with Gasteiger partial charge in [0.25, 0.3) is 0 Å². The summed E-state index contributed by atoms with van der Waals surface area (Å²) >= 11 is 0. The third-order valence-electron chi connectivity index (χ3n) is 8.54. The Kier molecular flexibility index (Phi) is 5.29. The molecule has 6 aromatic carbocycles. The molecule has 4 nitrogen and oxygen atoms in total. The Labute approximate surface area is 248 Å². The minimum Gasteiger partial charge on any atom is -0.456 e. The summed E-state index contributed by atoms with van der Waals surface area (Å²) in [6.07, 6.45) is 6.67. The third kappa shape index (κ3) is 3.80. The number of nitrogens with zero attached hydrogens (tertiary/aromatic N) is 2. The van der Waals surface area contributed by atoms with Crippen LogP contribution in [-0.4, -0.2) is 4.98 Å². The quantitative estimate of drug-likeness (QED) is 0.217. The van der Waals surface area contributed by atoms with Gasteiger partial charge >= 0.3 is 0 Å². The summed E-state index contributed by atoms with van der Waals surface area (Å²) in [4.78, 5) is 7.27. The predicted octanol–water partition coefficient (Wildman–Crippen LogP) is 11.0. The average Bonchev–Trinajstić information content (AvgIpc) is 3.67. The van der Waals surface area contributed by atoms with E-state index in [0.29, 0.717) is 5.89 Å². The van der Waals surface area contributed by atoms with Crippen LogP contribution in [0.4, 0.5) is 17.1 Å². The van der Waals surface area contributed by atoms with E-state index in [9.17, 15) is 0 Å². The van der Waals surface area contributed by atoms with Gasteiger partial charge in [0, 0.05) is 34.0 Å². The maximum absolute atomic E-state index is 6.50. The third-order valence-corrected chi connectivity index (χ3v) is 8.54. The molecule has 9 rings (SSSR count). The summed E-state index contributed by atoms with van der Waals surface area (Å²) in [5.74, 6) is 0.610. The van der Waals surface area contributed by atoms with Gasteiger partial charge in [0.2, 0.25) is 5.89 Å². The Morgan fingerprint density at radius 2 is 1.42 bits per heavy atom. The molecular formula is C39H26N2O2. The summed E-state index contributed by atoms with van der Waals surface area (Å²) in [5.41, 5.74) is 10.1. The molecule has 2 aromatic heterocycles. The number of aryl methyl sites for hydroxylation is 1. The van der Waals surface area contributed by atoms with Crippen LogP contribution in [0.25, 0.3) is 61.3 Å². The van der Waals surface area contributed by atoms with Crippen molar-refractivity contribution < 1.29 is 8.83 Å². The second-order valence-electron chi connectivity index (χ2n) is 11.1. The molecule has 0 saturated heterocycles. The molecule has 204 valence electrons. The molecule has 0 N–H and O–H groups in total. The number of aromatic nitrogens is 1. The highest BCUT2D eigenvalue weighted by atomic mass is 16.4. The zero-order valence-corrected chi connectivity index (χ0v) is 23.3. The van der Waals surface area contributed by atoms with Crippen LogP contribution in [0.3, 0.4) is 0 Å². The Balaban J connectivity index is 1.26. The molecule has 0 bridgehead atoms. The smallest absolute Gasteiger partial charge is 0.227 e. The van der Waals surface area contributed by atoms with Gasteiger partial charge in [-0.2, -0.15) is 0 Å². The Morgan fingerprint density at radius 3 is 2.30 bits per heavy atom. The lowest BCUT2D eigenvalue weighted by atomic mass is 9.89. The minimum absolute atomic E-state index is 0.610. The maximum atomic E-state index is 6.50. The first-order chi connectivity index (χ1) is 21.3.